The van der Waals surface area contributed by atoms with Gasteiger partial charge in [-0.25, -0.2) is 0 Å². The van der Waals surface area contributed by atoms with Crippen molar-refractivity contribution in [2.45, 2.75) is 58.7 Å². The predicted octanol–water partition coefficient (Wildman–Crippen LogP) is 3.85. The van der Waals surface area contributed by atoms with Crippen molar-refractivity contribution in [1.82, 2.24) is 10.2 Å². The molecule has 0 amide bonds. The van der Waals surface area contributed by atoms with Gasteiger partial charge < -0.3 is 5.32 Å². The van der Waals surface area contributed by atoms with Gasteiger partial charge in [0.1, 0.15) is 0 Å². The Morgan fingerprint density at radius 2 is 1.85 bits per heavy atom. The lowest BCUT2D eigenvalue weighted by molar-refractivity contribution is 0.0747. The second kappa shape index (κ2) is 7.24. The SMILES string of the molecule is CC1CCC(C)N(C(CNC(C)C)c2ccccc2)C1. The number of piperidine rings is 1. The molecule has 0 spiro atoms. The normalized spacial score (nSPS) is 25.9. The summed E-state index contributed by atoms with van der Waals surface area (Å²) in [6.45, 7) is 11.5. The highest BCUT2D eigenvalue weighted by Gasteiger charge is 2.29. The van der Waals surface area contributed by atoms with E-state index in [0.717, 1.165) is 12.5 Å². The lowest BCUT2D eigenvalue weighted by atomic mass is 9.91. The van der Waals surface area contributed by atoms with Gasteiger partial charge in [-0.15, -0.1) is 0 Å². The zero-order valence-electron chi connectivity index (χ0n) is 13.5. The lowest BCUT2D eigenvalue weighted by Gasteiger charge is -2.42. The van der Waals surface area contributed by atoms with E-state index in [4.69, 9.17) is 0 Å². The highest BCUT2D eigenvalue weighted by atomic mass is 15.2. The van der Waals surface area contributed by atoms with Crippen LogP contribution in [0.15, 0.2) is 30.3 Å². The third-order valence-corrected chi connectivity index (χ3v) is 4.47. The Kier molecular flexibility index (Phi) is 5.62. The van der Waals surface area contributed by atoms with Crippen molar-refractivity contribution < 1.29 is 0 Å². The summed E-state index contributed by atoms with van der Waals surface area (Å²) >= 11 is 0. The molecule has 1 aliphatic rings. The summed E-state index contributed by atoms with van der Waals surface area (Å²) in [6.07, 6.45) is 2.70. The summed E-state index contributed by atoms with van der Waals surface area (Å²) in [6, 6.07) is 12.7. The van der Waals surface area contributed by atoms with Gasteiger partial charge in [0, 0.05) is 31.2 Å². The molecule has 2 rings (SSSR count). The van der Waals surface area contributed by atoms with Gasteiger partial charge in [-0.1, -0.05) is 51.1 Å². The molecule has 1 fully saturated rings. The minimum absolute atomic E-state index is 0.497. The van der Waals surface area contributed by atoms with Crippen LogP contribution in [0.3, 0.4) is 0 Å². The van der Waals surface area contributed by atoms with E-state index in [9.17, 15) is 0 Å². The number of rotatable bonds is 5. The number of benzene rings is 1. The molecule has 1 N–H and O–H groups in total. The van der Waals surface area contributed by atoms with Gasteiger partial charge in [0.15, 0.2) is 0 Å². The van der Waals surface area contributed by atoms with Crippen molar-refractivity contribution in [2.75, 3.05) is 13.1 Å². The number of nitrogens with one attached hydrogen (secondary N) is 1. The number of hydrogen-bond donors (Lipinski definition) is 1. The van der Waals surface area contributed by atoms with Crippen molar-refractivity contribution in [3.63, 3.8) is 0 Å². The number of likely N-dealkylation sites (tertiary alicyclic amines) is 1. The second-order valence-corrected chi connectivity index (χ2v) is 6.72. The van der Waals surface area contributed by atoms with Gasteiger partial charge in [0.05, 0.1) is 0 Å². The Hall–Kier alpha value is -0.860. The fourth-order valence-electron chi connectivity index (χ4n) is 3.21. The first kappa shape index (κ1) is 15.5. The first-order chi connectivity index (χ1) is 9.58. The summed E-state index contributed by atoms with van der Waals surface area (Å²) in [5.41, 5.74) is 1.45. The van der Waals surface area contributed by atoms with Crippen molar-refractivity contribution in [3.05, 3.63) is 35.9 Å². The maximum absolute atomic E-state index is 3.64. The average molecular weight is 274 g/mol. The molecule has 1 saturated heterocycles. The highest BCUT2D eigenvalue weighted by Crippen LogP contribution is 2.30. The van der Waals surface area contributed by atoms with Crippen LogP contribution in [0.25, 0.3) is 0 Å². The topological polar surface area (TPSA) is 15.3 Å². The van der Waals surface area contributed by atoms with Crippen LogP contribution in [-0.4, -0.2) is 30.1 Å². The zero-order valence-corrected chi connectivity index (χ0v) is 13.5. The Balaban J connectivity index is 2.16. The average Bonchev–Trinajstić information content (AvgIpc) is 2.43. The smallest absolute Gasteiger partial charge is 0.0475 e. The van der Waals surface area contributed by atoms with E-state index >= 15 is 0 Å². The molecule has 0 radical (unpaired) electrons. The van der Waals surface area contributed by atoms with Crippen molar-refractivity contribution in [3.8, 4) is 0 Å². The van der Waals surface area contributed by atoms with Crippen molar-refractivity contribution in [2.24, 2.45) is 5.92 Å². The van der Waals surface area contributed by atoms with E-state index < -0.39 is 0 Å². The molecule has 2 heteroatoms. The van der Waals surface area contributed by atoms with Gasteiger partial charge in [-0.3, -0.25) is 4.90 Å². The molecule has 3 unspecified atom stereocenters. The predicted molar refractivity (Wildman–Crippen MR) is 86.9 cm³/mol. The number of nitrogens with zero attached hydrogens (tertiary/aromatic N) is 1. The van der Waals surface area contributed by atoms with Crippen LogP contribution in [0.2, 0.25) is 0 Å². The molecule has 2 nitrogen and oxygen atoms in total. The van der Waals surface area contributed by atoms with Crippen molar-refractivity contribution >= 4 is 0 Å². The van der Waals surface area contributed by atoms with Gasteiger partial charge in [0.2, 0.25) is 0 Å². The lowest BCUT2D eigenvalue weighted by Crippen LogP contribution is -2.47. The minimum Gasteiger partial charge on any atom is -0.313 e. The van der Waals surface area contributed by atoms with Crippen LogP contribution >= 0.6 is 0 Å². The van der Waals surface area contributed by atoms with Crippen LogP contribution in [0.5, 0.6) is 0 Å². The molecule has 1 heterocycles. The van der Waals surface area contributed by atoms with Crippen LogP contribution in [0.4, 0.5) is 0 Å². The molecule has 3 atom stereocenters. The van der Waals surface area contributed by atoms with Crippen LogP contribution < -0.4 is 5.32 Å². The van der Waals surface area contributed by atoms with E-state index in [1.54, 1.807) is 0 Å². The summed E-state index contributed by atoms with van der Waals surface area (Å²) in [7, 11) is 0. The quantitative estimate of drug-likeness (QED) is 0.877. The Bertz CT molecular complexity index is 388. The van der Waals surface area contributed by atoms with Crippen LogP contribution in [-0.2, 0) is 0 Å². The van der Waals surface area contributed by atoms with Gasteiger partial charge in [-0.2, -0.15) is 0 Å². The summed E-state index contributed by atoms with van der Waals surface area (Å²) < 4.78 is 0. The van der Waals surface area contributed by atoms with Gasteiger partial charge in [0.25, 0.3) is 0 Å². The van der Waals surface area contributed by atoms with E-state index in [1.807, 2.05) is 0 Å². The summed E-state index contributed by atoms with van der Waals surface area (Å²) in [4.78, 5) is 2.71. The van der Waals surface area contributed by atoms with E-state index in [2.05, 4.69) is 68.2 Å². The van der Waals surface area contributed by atoms with E-state index in [1.165, 1.54) is 24.9 Å². The maximum atomic E-state index is 3.64. The maximum Gasteiger partial charge on any atom is 0.0475 e. The second-order valence-electron chi connectivity index (χ2n) is 6.72. The largest absolute Gasteiger partial charge is 0.313 e. The molecular formula is C18H30N2. The third-order valence-electron chi connectivity index (χ3n) is 4.47. The Morgan fingerprint density at radius 1 is 1.15 bits per heavy atom. The first-order valence-corrected chi connectivity index (χ1v) is 8.12. The molecule has 0 aromatic heterocycles. The molecular weight excluding hydrogens is 244 g/mol. The summed E-state index contributed by atoms with van der Waals surface area (Å²) in [5, 5.41) is 3.64. The Labute approximate surface area is 124 Å². The van der Waals surface area contributed by atoms with Crippen molar-refractivity contribution in [1.29, 1.82) is 0 Å². The fourth-order valence-corrected chi connectivity index (χ4v) is 3.21. The molecule has 1 aromatic carbocycles. The fraction of sp³-hybridized carbons (Fsp3) is 0.667. The molecule has 0 aliphatic carbocycles. The standard InChI is InChI=1S/C18H30N2/c1-14(2)19-12-18(17-8-6-5-7-9-17)20-13-15(3)10-11-16(20)4/h5-9,14-16,18-19H,10-13H2,1-4H3. The van der Waals surface area contributed by atoms with E-state index in [0.29, 0.717) is 18.1 Å². The highest BCUT2D eigenvalue weighted by molar-refractivity contribution is 5.20. The van der Waals surface area contributed by atoms with Gasteiger partial charge in [-0.05, 0) is 31.2 Å². The van der Waals surface area contributed by atoms with Crippen LogP contribution in [0.1, 0.15) is 52.1 Å². The van der Waals surface area contributed by atoms with Gasteiger partial charge >= 0.3 is 0 Å². The minimum atomic E-state index is 0.497. The molecule has 0 saturated carbocycles. The molecule has 0 bridgehead atoms. The zero-order chi connectivity index (χ0) is 14.5. The summed E-state index contributed by atoms with van der Waals surface area (Å²) in [5.74, 6) is 0.816. The van der Waals surface area contributed by atoms with E-state index in [-0.39, 0.29) is 0 Å². The number of hydrogen-bond acceptors (Lipinski definition) is 2. The molecule has 20 heavy (non-hydrogen) atoms. The molecule has 1 aliphatic heterocycles. The Morgan fingerprint density at radius 3 is 2.50 bits per heavy atom. The molecule has 112 valence electrons. The first-order valence-electron chi connectivity index (χ1n) is 8.12. The van der Waals surface area contributed by atoms with Crippen LogP contribution in [0, 0.1) is 5.92 Å². The monoisotopic (exact) mass is 274 g/mol. The molecule has 1 aromatic rings. The third kappa shape index (κ3) is 4.07.